The van der Waals surface area contributed by atoms with Crippen LogP contribution in [0, 0.1) is 0 Å². The molecule has 0 bridgehead atoms. The fourth-order valence-corrected chi connectivity index (χ4v) is 8.01. The van der Waals surface area contributed by atoms with Crippen molar-refractivity contribution in [3.63, 3.8) is 0 Å². The van der Waals surface area contributed by atoms with Gasteiger partial charge in [-0.1, -0.05) is 139 Å². The Morgan fingerprint density at radius 3 is 1.72 bits per heavy atom. The second kappa shape index (κ2) is 11.2. The molecule has 0 amide bonds. The molecule has 250 valence electrons. The van der Waals surface area contributed by atoms with Gasteiger partial charge in [-0.2, -0.15) is 0 Å². The topological polar surface area (TPSA) is 26.3 Å². The van der Waals surface area contributed by atoms with E-state index in [4.69, 9.17) is 21.2 Å². The van der Waals surface area contributed by atoms with E-state index in [1.165, 1.54) is 0 Å². The molecule has 0 aliphatic heterocycles. The van der Waals surface area contributed by atoms with Crippen molar-refractivity contribution in [2.45, 2.75) is 0 Å². The van der Waals surface area contributed by atoms with Crippen LogP contribution in [0.5, 0.6) is 0 Å². The molecule has 12 aromatic rings. The van der Waals surface area contributed by atoms with Gasteiger partial charge in [0.2, 0.25) is 0 Å². The number of rotatable bonds is 3. The monoisotopic (exact) mass is 701 g/mol. The Balaban J connectivity index is 1.15. The minimum absolute atomic E-state index is 0.0312. The molecule has 0 fully saturated rings. The van der Waals surface area contributed by atoms with Gasteiger partial charge in [-0.15, -0.1) is 0 Å². The highest BCUT2D eigenvalue weighted by Gasteiger charge is 2.19. The Hall–Kier alpha value is -7.16. The van der Waals surface area contributed by atoms with E-state index < -0.39 is 107 Å². The Kier molecular flexibility index (Phi) is 3.84. The fourth-order valence-electron chi connectivity index (χ4n) is 8.01. The van der Waals surface area contributed by atoms with E-state index in [1.54, 1.807) is 12.1 Å². The van der Waals surface area contributed by atoms with E-state index >= 15 is 0 Å². The zero-order valence-electron chi connectivity index (χ0n) is 43.0. The third kappa shape index (κ3) is 4.22. The number of hydrogen-bond donors (Lipinski definition) is 0. The molecule has 0 spiro atoms. The lowest BCUT2D eigenvalue weighted by Crippen LogP contribution is -1.91. The normalized spacial score (nSPS) is 16.0. The SMILES string of the molecule is [2H]c1c([2H])c([2H])c2c([2H])c(-c3c4c([2H])c([2H])c([2H])c([2H])c4c(-c4ccc5c(-c6ccc7c(c6)oc6ccc8oc9ccccc9c8c67)cccc5c4)c4c([2H])c([2H])c([2H])c([2H])c34)c([2H])c([2H])c2c1[2H]. The third-order valence-corrected chi connectivity index (χ3v) is 10.3. The zero-order chi connectivity index (χ0) is 48.4. The van der Waals surface area contributed by atoms with Gasteiger partial charge in [0.15, 0.2) is 0 Å². The number of hydrogen-bond acceptors (Lipinski definition) is 2. The van der Waals surface area contributed by atoms with Crippen molar-refractivity contribution in [2.75, 3.05) is 0 Å². The van der Waals surface area contributed by atoms with Crippen molar-refractivity contribution >= 4 is 87.0 Å². The van der Waals surface area contributed by atoms with Crippen LogP contribution in [0.2, 0.25) is 0 Å². The summed E-state index contributed by atoms with van der Waals surface area (Å²) >= 11 is 0. The average Bonchev–Trinajstić information content (AvgIpc) is 3.92. The molecule has 12 rings (SSSR count). The molecule has 2 aromatic heterocycles. The van der Waals surface area contributed by atoms with E-state index in [9.17, 15) is 8.22 Å². The summed E-state index contributed by atoms with van der Waals surface area (Å²) in [5.41, 5.74) is 4.04. The van der Waals surface area contributed by atoms with Gasteiger partial charge in [-0.25, -0.2) is 0 Å². The highest BCUT2D eigenvalue weighted by molar-refractivity contribution is 6.26. The first-order valence-corrected chi connectivity index (χ1v) is 17.3. The number of para-hydroxylation sites is 1. The second-order valence-corrected chi connectivity index (χ2v) is 13.2. The predicted molar refractivity (Wildman–Crippen MR) is 227 cm³/mol. The lowest BCUT2D eigenvalue weighted by molar-refractivity contribution is 0.663. The van der Waals surface area contributed by atoms with Crippen LogP contribution >= 0.6 is 0 Å². The van der Waals surface area contributed by atoms with Gasteiger partial charge in [0.05, 0.1) is 20.6 Å². The minimum atomic E-state index is -0.741. The first-order chi connectivity index (χ1) is 33.0. The molecule has 0 atom stereocenters. The van der Waals surface area contributed by atoms with E-state index in [2.05, 4.69) is 0 Å². The van der Waals surface area contributed by atoms with Crippen LogP contribution in [-0.4, -0.2) is 0 Å². The fraction of sp³-hybridized carbons (Fsp3) is 0. The van der Waals surface area contributed by atoms with Crippen LogP contribution in [-0.2, 0) is 0 Å². The first-order valence-electron chi connectivity index (χ1n) is 24.8. The van der Waals surface area contributed by atoms with Gasteiger partial charge < -0.3 is 8.83 Å². The van der Waals surface area contributed by atoms with Crippen molar-refractivity contribution in [1.29, 1.82) is 0 Å². The molecule has 0 N–H and O–H groups in total. The second-order valence-electron chi connectivity index (χ2n) is 13.2. The van der Waals surface area contributed by atoms with Gasteiger partial charge in [-0.3, -0.25) is 0 Å². The van der Waals surface area contributed by atoms with E-state index in [0.717, 1.165) is 49.2 Å². The van der Waals surface area contributed by atoms with Crippen molar-refractivity contribution in [1.82, 2.24) is 0 Å². The lowest BCUT2D eigenvalue weighted by Gasteiger charge is -2.18. The minimum Gasteiger partial charge on any atom is -0.456 e. The van der Waals surface area contributed by atoms with Gasteiger partial charge in [-0.05, 0) is 119 Å². The molecule has 10 aromatic carbocycles. The molecular weight excluding hydrogens is 657 g/mol. The Bertz CT molecular complexity index is 4300. The largest absolute Gasteiger partial charge is 0.456 e. The van der Waals surface area contributed by atoms with Gasteiger partial charge in [0.1, 0.15) is 22.3 Å². The van der Waals surface area contributed by atoms with Crippen molar-refractivity contribution in [3.05, 3.63) is 182 Å². The summed E-state index contributed by atoms with van der Waals surface area (Å²) in [6.45, 7) is 0. The lowest BCUT2D eigenvalue weighted by atomic mass is 9.85. The van der Waals surface area contributed by atoms with Crippen LogP contribution < -0.4 is 0 Å². The highest BCUT2D eigenvalue weighted by Crippen LogP contribution is 2.46. The molecular formula is C52H30O2. The molecule has 2 nitrogen and oxygen atoms in total. The summed E-state index contributed by atoms with van der Waals surface area (Å²) < 4.78 is 148. The first kappa shape index (κ1) is 18.6. The molecule has 0 unspecified atom stereocenters. The summed E-state index contributed by atoms with van der Waals surface area (Å²) in [6, 6.07) is 18.6. The maximum Gasteiger partial charge on any atom is 0.136 e. The molecule has 0 aliphatic carbocycles. The summed E-state index contributed by atoms with van der Waals surface area (Å²) in [7, 11) is 0. The molecule has 0 saturated heterocycles. The molecule has 2 heteroatoms. The summed E-state index contributed by atoms with van der Waals surface area (Å²) in [5, 5.41) is 3.45. The van der Waals surface area contributed by atoms with Crippen LogP contribution in [0.1, 0.15) is 20.6 Å². The van der Waals surface area contributed by atoms with Crippen molar-refractivity contribution < 1.29 is 29.4 Å². The van der Waals surface area contributed by atoms with Crippen molar-refractivity contribution in [2.24, 2.45) is 0 Å². The quantitative estimate of drug-likeness (QED) is 0.171. The van der Waals surface area contributed by atoms with Gasteiger partial charge in [0.25, 0.3) is 0 Å². The third-order valence-electron chi connectivity index (χ3n) is 10.3. The van der Waals surface area contributed by atoms with Gasteiger partial charge >= 0.3 is 0 Å². The summed E-state index contributed by atoms with van der Waals surface area (Å²) in [5.74, 6) is 0. The van der Waals surface area contributed by atoms with Crippen LogP contribution in [0.3, 0.4) is 0 Å². The maximum absolute atomic E-state index is 9.49. The average molecular weight is 702 g/mol. The standard InChI is InChI=1S/C52H30O2/c1-2-11-32-28-35(21-20-31(32)10-1)49-39-13-3-5-15-41(39)50(42-16-6-4-14-40(42)49)36-23-24-38-33(29-36)12-9-18-37(38)34-22-25-44-48(30-34)54-47-27-26-46-51(52(44)47)43-17-7-8-19-45(43)53-46/h1-30H/i1D,2D,3D,4D,5D,6D,10D,11D,13D,14D,15D,16D,20D,21D,28D. The number of fused-ring (bicyclic) bond motifs is 11. The Morgan fingerprint density at radius 1 is 0.352 bits per heavy atom. The highest BCUT2D eigenvalue weighted by atomic mass is 16.3. The molecule has 0 aliphatic rings. The van der Waals surface area contributed by atoms with Gasteiger partial charge in [0, 0.05) is 21.5 Å². The van der Waals surface area contributed by atoms with Crippen LogP contribution in [0.4, 0.5) is 0 Å². The maximum atomic E-state index is 9.49. The number of benzene rings is 10. The Morgan fingerprint density at radius 2 is 0.963 bits per heavy atom. The van der Waals surface area contributed by atoms with E-state index in [-0.39, 0.29) is 32.7 Å². The van der Waals surface area contributed by atoms with E-state index in [0.29, 0.717) is 22.1 Å². The van der Waals surface area contributed by atoms with E-state index in [1.807, 2.05) is 78.9 Å². The molecule has 0 saturated carbocycles. The van der Waals surface area contributed by atoms with Crippen molar-refractivity contribution in [3.8, 4) is 33.4 Å². The Labute approximate surface area is 331 Å². The summed E-state index contributed by atoms with van der Waals surface area (Å²) in [4.78, 5) is 0. The molecule has 2 heterocycles. The van der Waals surface area contributed by atoms with Crippen LogP contribution in [0.15, 0.2) is 190 Å². The zero-order valence-corrected chi connectivity index (χ0v) is 28.0. The summed E-state index contributed by atoms with van der Waals surface area (Å²) in [6.07, 6.45) is 0. The molecule has 54 heavy (non-hydrogen) atoms. The van der Waals surface area contributed by atoms with Crippen LogP contribution in [0.25, 0.3) is 120 Å². The smallest absolute Gasteiger partial charge is 0.136 e. The number of furan rings is 2. The predicted octanol–water partition coefficient (Wildman–Crippen LogP) is 15.1. The molecule has 0 radical (unpaired) electrons.